The van der Waals surface area contributed by atoms with Crippen LogP contribution < -0.4 is 4.74 Å². The molecule has 0 radical (unpaired) electrons. The van der Waals surface area contributed by atoms with Crippen LogP contribution in [0.5, 0.6) is 5.75 Å². The lowest BCUT2D eigenvalue weighted by atomic mass is 9.96. The summed E-state index contributed by atoms with van der Waals surface area (Å²) in [6, 6.07) is 6.99. The summed E-state index contributed by atoms with van der Waals surface area (Å²) >= 11 is 0. The summed E-state index contributed by atoms with van der Waals surface area (Å²) in [5.41, 5.74) is 0.815. The Bertz CT molecular complexity index is 502. The fourth-order valence-electron chi connectivity index (χ4n) is 1.99. The summed E-state index contributed by atoms with van der Waals surface area (Å²) in [6.45, 7) is 3.41. The van der Waals surface area contributed by atoms with E-state index in [1.54, 1.807) is 0 Å². The van der Waals surface area contributed by atoms with Crippen molar-refractivity contribution >= 4 is 11.8 Å². The van der Waals surface area contributed by atoms with Crippen molar-refractivity contribution in [1.29, 1.82) is 0 Å². The van der Waals surface area contributed by atoms with E-state index in [0.717, 1.165) is 24.2 Å². The molecule has 4 heteroatoms. The highest BCUT2D eigenvalue weighted by Crippen LogP contribution is 2.28. The lowest BCUT2D eigenvalue weighted by Crippen LogP contribution is -2.24. The van der Waals surface area contributed by atoms with Crippen LogP contribution in [0, 0.1) is 0 Å². The van der Waals surface area contributed by atoms with Crippen LogP contribution in [-0.2, 0) is 4.79 Å². The van der Waals surface area contributed by atoms with Gasteiger partial charge < -0.3 is 9.84 Å². The molecule has 0 spiro atoms. The molecule has 1 aromatic carbocycles. The van der Waals surface area contributed by atoms with Crippen LogP contribution in [-0.4, -0.2) is 23.0 Å². The van der Waals surface area contributed by atoms with Gasteiger partial charge >= 0.3 is 5.97 Å². The Morgan fingerprint density at radius 3 is 2.95 bits per heavy atom. The Hall–Kier alpha value is -2.06. The quantitative estimate of drug-likeness (QED) is 0.799. The molecule has 0 amide bonds. The van der Waals surface area contributed by atoms with Crippen LogP contribution in [0.3, 0.4) is 0 Å². The van der Waals surface area contributed by atoms with E-state index >= 15 is 0 Å². The van der Waals surface area contributed by atoms with Crippen LogP contribution >= 0.6 is 0 Å². The molecule has 1 aliphatic rings. The summed E-state index contributed by atoms with van der Waals surface area (Å²) in [4.78, 5) is 14.8. The smallest absolute Gasteiger partial charge is 0.305 e. The molecule has 1 fully saturated rings. The van der Waals surface area contributed by atoms with E-state index in [-0.39, 0.29) is 6.42 Å². The second kappa shape index (κ2) is 6.21. The predicted molar refractivity (Wildman–Crippen MR) is 72.8 cm³/mol. The zero-order chi connectivity index (χ0) is 13.7. The van der Waals surface area contributed by atoms with Gasteiger partial charge in [-0.15, -0.1) is 0 Å². The van der Waals surface area contributed by atoms with Gasteiger partial charge in [0, 0.05) is 0 Å². The van der Waals surface area contributed by atoms with E-state index in [9.17, 15) is 4.79 Å². The van der Waals surface area contributed by atoms with Gasteiger partial charge in [0.25, 0.3) is 0 Å². The number of carboxylic acids is 1. The second-order valence-electron chi connectivity index (χ2n) is 4.64. The highest BCUT2D eigenvalue weighted by atomic mass is 16.5. The fourth-order valence-corrected chi connectivity index (χ4v) is 1.99. The van der Waals surface area contributed by atoms with E-state index < -0.39 is 12.0 Å². The van der Waals surface area contributed by atoms with Crippen molar-refractivity contribution < 1.29 is 14.6 Å². The lowest BCUT2D eigenvalue weighted by Gasteiger charge is -2.26. The van der Waals surface area contributed by atoms with Gasteiger partial charge in [0.15, 0.2) is 0 Å². The third-order valence-electron chi connectivity index (χ3n) is 3.21. The molecule has 0 heterocycles. The first-order valence-electron chi connectivity index (χ1n) is 6.39. The SMILES string of the molecule is C=C=NC(CC(=O)O)c1cccc(OC2CCC2)c1. The number of ether oxygens (including phenoxy) is 1. The summed E-state index contributed by atoms with van der Waals surface area (Å²) < 4.78 is 5.80. The summed E-state index contributed by atoms with van der Waals surface area (Å²) in [6.07, 6.45) is 3.62. The fraction of sp³-hybridized carbons (Fsp3) is 0.400. The molecule has 4 nitrogen and oxygen atoms in total. The van der Waals surface area contributed by atoms with Gasteiger partial charge in [-0.25, -0.2) is 4.99 Å². The monoisotopic (exact) mass is 259 g/mol. The zero-order valence-electron chi connectivity index (χ0n) is 10.7. The molecule has 1 saturated carbocycles. The number of hydrogen-bond donors (Lipinski definition) is 1. The minimum absolute atomic E-state index is 0.0740. The first-order valence-corrected chi connectivity index (χ1v) is 6.39. The number of aliphatic imine (C=N–C) groups is 1. The highest BCUT2D eigenvalue weighted by molar-refractivity contribution is 5.68. The van der Waals surface area contributed by atoms with Gasteiger partial charge in [-0.1, -0.05) is 12.1 Å². The second-order valence-corrected chi connectivity index (χ2v) is 4.64. The number of hydrogen-bond acceptors (Lipinski definition) is 3. The normalized spacial score (nSPS) is 16.0. The Morgan fingerprint density at radius 1 is 1.58 bits per heavy atom. The minimum Gasteiger partial charge on any atom is -0.490 e. The molecule has 1 N–H and O–H groups in total. The van der Waals surface area contributed by atoms with Gasteiger partial charge in [-0.3, -0.25) is 4.79 Å². The molecule has 1 atom stereocenters. The molecular formula is C15H17NO3. The van der Waals surface area contributed by atoms with Gasteiger partial charge in [0.2, 0.25) is 0 Å². The molecule has 1 unspecified atom stereocenters. The molecular weight excluding hydrogens is 242 g/mol. The first-order chi connectivity index (χ1) is 9.19. The van der Waals surface area contributed by atoms with Crippen molar-refractivity contribution in [3.05, 3.63) is 36.4 Å². The van der Waals surface area contributed by atoms with Gasteiger partial charge in [-0.2, -0.15) is 0 Å². The Balaban J connectivity index is 2.14. The van der Waals surface area contributed by atoms with E-state index in [1.807, 2.05) is 24.3 Å². The van der Waals surface area contributed by atoms with Crippen LogP contribution in [0.4, 0.5) is 0 Å². The number of aliphatic carboxylic acids is 1. The number of carbonyl (C=O) groups is 1. The Morgan fingerprint density at radius 2 is 2.37 bits per heavy atom. The lowest BCUT2D eigenvalue weighted by molar-refractivity contribution is -0.137. The summed E-state index contributed by atoms with van der Waals surface area (Å²) in [5, 5.41) is 8.89. The van der Waals surface area contributed by atoms with Crippen molar-refractivity contribution in [3.63, 3.8) is 0 Å². The molecule has 0 bridgehead atoms. The standard InChI is InChI=1S/C15H17NO3/c1-2-16-14(10-15(17)18)11-5-3-8-13(9-11)19-12-6-4-7-12/h3,5,8-9,12,14H,1,4,6-7,10H2,(H,17,18). The van der Waals surface area contributed by atoms with Crippen molar-refractivity contribution in [3.8, 4) is 5.75 Å². The zero-order valence-corrected chi connectivity index (χ0v) is 10.7. The molecule has 1 aliphatic carbocycles. The van der Waals surface area contributed by atoms with E-state index in [1.165, 1.54) is 6.42 Å². The maximum absolute atomic E-state index is 10.8. The molecule has 0 saturated heterocycles. The Kier molecular flexibility index (Phi) is 4.37. The third kappa shape index (κ3) is 3.70. The molecule has 1 aromatic rings. The molecule has 100 valence electrons. The number of nitrogens with zero attached hydrogens (tertiary/aromatic N) is 1. The minimum atomic E-state index is -0.894. The predicted octanol–water partition coefficient (Wildman–Crippen LogP) is 2.99. The molecule has 0 aromatic heterocycles. The largest absolute Gasteiger partial charge is 0.490 e. The van der Waals surface area contributed by atoms with Crippen molar-refractivity contribution in [2.24, 2.45) is 4.99 Å². The summed E-state index contributed by atoms with van der Waals surface area (Å²) in [5.74, 6) is 2.31. The maximum atomic E-state index is 10.8. The van der Waals surface area contributed by atoms with Crippen molar-refractivity contribution in [2.45, 2.75) is 37.8 Å². The van der Waals surface area contributed by atoms with Gasteiger partial charge in [0.05, 0.1) is 18.6 Å². The molecule has 2 rings (SSSR count). The average molecular weight is 259 g/mol. The molecule has 0 aliphatic heterocycles. The van der Waals surface area contributed by atoms with Crippen molar-refractivity contribution in [2.75, 3.05) is 0 Å². The summed E-state index contributed by atoms with van der Waals surface area (Å²) in [7, 11) is 0. The maximum Gasteiger partial charge on any atom is 0.305 e. The van der Waals surface area contributed by atoms with Crippen molar-refractivity contribution in [1.82, 2.24) is 0 Å². The third-order valence-corrected chi connectivity index (χ3v) is 3.21. The van der Waals surface area contributed by atoms with Crippen LogP contribution in [0.15, 0.2) is 35.8 Å². The van der Waals surface area contributed by atoms with Crippen LogP contribution in [0.25, 0.3) is 0 Å². The van der Waals surface area contributed by atoms with E-state index in [0.29, 0.717) is 6.10 Å². The first kappa shape index (κ1) is 13.4. The number of benzene rings is 1. The van der Waals surface area contributed by atoms with Crippen LogP contribution in [0.1, 0.15) is 37.3 Å². The van der Waals surface area contributed by atoms with E-state index in [4.69, 9.17) is 9.84 Å². The van der Waals surface area contributed by atoms with E-state index in [2.05, 4.69) is 17.4 Å². The Labute approximate surface area is 112 Å². The number of carboxylic acid groups (broad SMARTS) is 1. The number of rotatable bonds is 6. The average Bonchev–Trinajstić information content (AvgIpc) is 2.33. The van der Waals surface area contributed by atoms with Crippen LogP contribution in [0.2, 0.25) is 0 Å². The molecule has 19 heavy (non-hydrogen) atoms. The highest BCUT2D eigenvalue weighted by Gasteiger charge is 2.20. The topological polar surface area (TPSA) is 58.9 Å². The van der Waals surface area contributed by atoms with Gasteiger partial charge in [-0.05, 0) is 49.4 Å². The van der Waals surface area contributed by atoms with Gasteiger partial charge in [0.1, 0.15) is 5.75 Å².